The summed E-state index contributed by atoms with van der Waals surface area (Å²) >= 11 is 0. The van der Waals surface area contributed by atoms with Crippen LogP contribution in [0.5, 0.6) is 11.5 Å². The number of benzene rings is 2. The number of hydrogen-bond donors (Lipinski definition) is 2. The summed E-state index contributed by atoms with van der Waals surface area (Å²) < 4.78 is 55.1. The van der Waals surface area contributed by atoms with E-state index in [2.05, 4.69) is 5.32 Å². The minimum absolute atomic E-state index is 0.166. The molecule has 0 saturated heterocycles. The maximum atomic E-state index is 13.6. The Labute approximate surface area is 198 Å². The molecule has 0 aromatic heterocycles. The zero-order valence-electron chi connectivity index (χ0n) is 18.6. The monoisotopic (exact) mass is 491 g/mol. The van der Waals surface area contributed by atoms with E-state index in [1.165, 1.54) is 20.1 Å². The predicted octanol–water partition coefficient (Wildman–Crippen LogP) is 2.71. The minimum Gasteiger partial charge on any atom is -0.493 e. The lowest BCUT2D eigenvalue weighted by Gasteiger charge is -2.13. The predicted molar refractivity (Wildman–Crippen MR) is 117 cm³/mol. The molecule has 0 radical (unpaired) electrons. The standard InChI is InChI=1S/C23H20F3N3O6/c1-13(23(32)28-12-19(30)29-16-6-5-15(24)21(25)22(16)26)35-20(31)8-4-14-3-7-17(34-10-9-27)18(11-14)33-2/h3-8,11,13H,10,12H2,1-2H3,(H,28,32)(H,29,30)/b8-4+. The first-order chi connectivity index (χ1) is 16.7. The van der Waals surface area contributed by atoms with Crippen LogP contribution in [0.4, 0.5) is 18.9 Å². The van der Waals surface area contributed by atoms with Crippen LogP contribution in [0.1, 0.15) is 12.5 Å². The number of rotatable bonds is 10. The lowest BCUT2D eigenvalue weighted by molar-refractivity contribution is -0.150. The first-order valence-electron chi connectivity index (χ1n) is 9.93. The first-order valence-corrected chi connectivity index (χ1v) is 9.93. The Bertz CT molecular complexity index is 1180. The fourth-order valence-corrected chi connectivity index (χ4v) is 2.58. The summed E-state index contributed by atoms with van der Waals surface area (Å²) in [5, 5.41) is 12.7. The third-order valence-corrected chi connectivity index (χ3v) is 4.29. The molecule has 2 aromatic carbocycles. The molecule has 0 bridgehead atoms. The van der Waals surface area contributed by atoms with Crippen molar-refractivity contribution in [1.82, 2.24) is 5.32 Å². The molecule has 1 unspecified atom stereocenters. The van der Waals surface area contributed by atoms with Crippen LogP contribution >= 0.6 is 0 Å². The number of ether oxygens (including phenoxy) is 3. The molecule has 12 heteroatoms. The summed E-state index contributed by atoms with van der Waals surface area (Å²) in [4.78, 5) is 35.9. The largest absolute Gasteiger partial charge is 0.493 e. The van der Waals surface area contributed by atoms with Gasteiger partial charge in [-0.2, -0.15) is 5.26 Å². The molecule has 35 heavy (non-hydrogen) atoms. The third kappa shape index (κ3) is 7.78. The molecule has 0 saturated carbocycles. The second kappa shape index (κ2) is 12.6. The number of amides is 2. The maximum Gasteiger partial charge on any atom is 0.331 e. The highest BCUT2D eigenvalue weighted by atomic mass is 19.2. The number of carbonyl (C=O) groups is 3. The Hall–Kier alpha value is -4.53. The highest BCUT2D eigenvalue weighted by Gasteiger charge is 2.19. The Morgan fingerprint density at radius 3 is 2.54 bits per heavy atom. The summed E-state index contributed by atoms with van der Waals surface area (Å²) in [6, 6.07) is 8.00. The molecule has 0 heterocycles. The highest BCUT2D eigenvalue weighted by Crippen LogP contribution is 2.28. The quantitative estimate of drug-likeness (QED) is 0.297. The zero-order valence-corrected chi connectivity index (χ0v) is 18.6. The van der Waals surface area contributed by atoms with Gasteiger partial charge in [-0.3, -0.25) is 9.59 Å². The molecule has 0 aliphatic carbocycles. The van der Waals surface area contributed by atoms with Gasteiger partial charge >= 0.3 is 5.97 Å². The van der Waals surface area contributed by atoms with Gasteiger partial charge in [0.1, 0.15) is 6.07 Å². The zero-order chi connectivity index (χ0) is 26.0. The molecule has 9 nitrogen and oxygen atoms in total. The molecule has 0 spiro atoms. The smallest absolute Gasteiger partial charge is 0.331 e. The van der Waals surface area contributed by atoms with Crippen LogP contribution in [0.2, 0.25) is 0 Å². The number of anilines is 1. The number of hydrogen-bond acceptors (Lipinski definition) is 7. The van der Waals surface area contributed by atoms with Crippen molar-refractivity contribution in [3.05, 3.63) is 59.4 Å². The summed E-state index contributed by atoms with van der Waals surface area (Å²) in [5.74, 6) is -6.67. The van der Waals surface area contributed by atoms with Crippen LogP contribution in [0, 0.1) is 28.8 Å². The van der Waals surface area contributed by atoms with Crippen molar-refractivity contribution in [1.29, 1.82) is 5.26 Å². The Kier molecular flexibility index (Phi) is 9.65. The van der Waals surface area contributed by atoms with E-state index in [4.69, 9.17) is 19.5 Å². The van der Waals surface area contributed by atoms with Crippen LogP contribution in [0.15, 0.2) is 36.4 Å². The summed E-state index contributed by atoms with van der Waals surface area (Å²) in [6.07, 6.45) is 1.18. The highest BCUT2D eigenvalue weighted by molar-refractivity contribution is 5.96. The van der Waals surface area contributed by atoms with Crippen molar-refractivity contribution in [3.63, 3.8) is 0 Å². The maximum absolute atomic E-state index is 13.6. The average molecular weight is 491 g/mol. The Balaban J connectivity index is 1.86. The Morgan fingerprint density at radius 2 is 1.86 bits per heavy atom. The Morgan fingerprint density at radius 1 is 1.11 bits per heavy atom. The molecule has 2 N–H and O–H groups in total. The van der Waals surface area contributed by atoms with E-state index < -0.39 is 53.6 Å². The van der Waals surface area contributed by atoms with E-state index in [0.717, 1.165) is 12.1 Å². The number of esters is 1. The molecule has 2 aromatic rings. The van der Waals surface area contributed by atoms with Crippen LogP contribution in [-0.2, 0) is 19.1 Å². The first kappa shape index (κ1) is 26.7. The topological polar surface area (TPSA) is 127 Å². The lowest BCUT2D eigenvalue weighted by Crippen LogP contribution is -2.40. The number of methoxy groups -OCH3 is 1. The van der Waals surface area contributed by atoms with Crippen molar-refractivity contribution >= 4 is 29.5 Å². The number of halogens is 3. The van der Waals surface area contributed by atoms with Crippen molar-refractivity contribution in [2.45, 2.75) is 13.0 Å². The number of carbonyl (C=O) groups excluding carboxylic acids is 3. The van der Waals surface area contributed by atoms with Gasteiger partial charge in [0.05, 0.1) is 19.3 Å². The van der Waals surface area contributed by atoms with Gasteiger partial charge in [0.2, 0.25) is 5.91 Å². The van der Waals surface area contributed by atoms with Crippen LogP contribution in [-0.4, -0.2) is 44.1 Å². The molecule has 2 rings (SSSR count). The molecule has 2 amide bonds. The van der Waals surface area contributed by atoms with E-state index in [1.54, 1.807) is 18.2 Å². The van der Waals surface area contributed by atoms with Gasteiger partial charge in [0, 0.05) is 6.08 Å². The molecule has 184 valence electrons. The van der Waals surface area contributed by atoms with E-state index >= 15 is 0 Å². The van der Waals surface area contributed by atoms with Gasteiger partial charge in [-0.15, -0.1) is 0 Å². The van der Waals surface area contributed by atoms with Crippen molar-refractivity contribution < 1.29 is 41.8 Å². The van der Waals surface area contributed by atoms with E-state index in [-0.39, 0.29) is 6.61 Å². The summed E-state index contributed by atoms with van der Waals surface area (Å²) in [6.45, 7) is 0.453. The van der Waals surface area contributed by atoms with Gasteiger partial charge in [0.15, 0.2) is 41.7 Å². The van der Waals surface area contributed by atoms with Crippen molar-refractivity contribution in [2.75, 3.05) is 25.6 Å². The SMILES string of the molecule is COc1cc(/C=C/C(=O)OC(C)C(=O)NCC(=O)Nc2ccc(F)c(F)c2F)ccc1OCC#N. The lowest BCUT2D eigenvalue weighted by atomic mass is 10.2. The molecular formula is C23H20F3N3O6. The average Bonchev–Trinajstić information content (AvgIpc) is 2.85. The van der Waals surface area contributed by atoms with Gasteiger partial charge < -0.3 is 24.8 Å². The fourth-order valence-electron chi connectivity index (χ4n) is 2.58. The van der Waals surface area contributed by atoms with E-state index in [1.807, 2.05) is 11.4 Å². The molecule has 0 aliphatic heterocycles. The van der Waals surface area contributed by atoms with Crippen molar-refractivity contribution in [3.8, 4) is 17.6 Å². The van der Waals surface area contributed by atoms with Crippen molar-refractivity contribution in [2.24, 2.45) is 0 Å². The third-order valence-electron chi connectivity index (χ3n) is 4.29. The molecular weight excluding hydrogens is 471 g/mol. The van der Waals surface area contributed by atoms with E-state index in [9.17, 15) is 27.6 Å². The second-order valence-electron chi connectivity index (χ2n) is 6.76. The fraction of sp³-hybridized carbons (Fsp3) is 0.217. The number of nitriles is 1. The van der Waals surface area contributed by atoms with Crippen LogP contribution in [0.3, 0.4) is 0 Å². The van der Waals surface area contributed by atoms with Gasteiger partial charge in [-0.05, 0) is 42.8 Å². The van der Waals surface area contributed by atoms with E-state index in [0.29, 0.717) is 23.1 Å². The van der Waals surface area contributed by atoms with Gasteiger partial charge in [-0.25, -0.2) is 18.0 Å². The summed E-state index contributed by atoms with van der Waals surface area (Å²) in [5.41, 5.74) is -0.0598. The minimum atomic E-state index is -1.75. The van der Waals surface area contributed by atoms with Crippen LogP contribution < -0.4 is 20.1 Å². The molecule has 0 fully saturated rings. The van der Waals surface area contributed by atoms with Gasteiger partial charge in [-0.1, -0.05) is 6.07 Å². The molecule has 1 atom stereocenters. The molecule has 0 aliphatic rings. The summed E-state index contributed by atoms with van der Waals surface area (Å²) in [7, 11) is 1.41. The number of nitrogens with one attached hydrogen (secondary N) is 2. The normalized spacial score (nSPS) is 11.3. The van der Waals surface area contributed by atoms with Gasteiger partial charge in [0.25, 0.3) is 5.91 Å². The van der Waals surface area contributed by atoms with Crippen LogP contribution in [0.25, 0.3) is 6.08 Å². The number of nitrogens with zero attached hydrogens (tertiary/aromatic N) is 1. The second-order valence-corrected chi connectivity index (χ2v) is 6.76.